The molecular formula is C15H27N3O2S. The summed E-state index contributed by atoms with van der Waals surface area (Å²) in [6.45, 7) is 0.633. The summed E-state index contributed by atoms with van der Waals surface area (Å²) in [4.78, 5) is 4.68. The van der Waals surface area contributed by atoms with Crippen LogP contribution in [-0.4, -0.2) is 44.5 Å². The van der Waals surface area contributed by atoms with E-state index in [1.807, 2.05) is 0 Å². The minimum Gasteiger partial charge on any atom is -0.354 e. The summed E-state index contributed by atoms with van der Waals surface area (Å²) in [5.41, 5.74) is 0. The topological polar surface area (TPSA) is 70.6 Å². The van der Waals surface area contributed by atoms with E-state index in [1.54, 1.807) is 0 Å². The molecule has 120 valence electrons. The molecule has 0 aromatic heterocycles. The number of sulfone groups is 1. The van der Waals surface area contributed by atoms with Crippen LogP contribution in [-0.2, 0) is 9.84 Å². The molecule has 2 aliphatic carbocycles. The Morgan fingerprint density at radius 1 is 0.952 bits per heavy atom. The monoisotopic (exact) mass is 313 g/mol. The fourth-order valence-electron chi connectivity index (χ4n) is 3.23. The third kappa shape index (κ3) is 4.87. The summed E-state index contributed by atoms with van der Waals surface area (Å²) in [7, 11) is -2.79. The zero-order valence-electron chi connectivity index (χ0n) is 12.7. The zero-order chi connectivity index (χ0) is 14.7. The maximum atomic E-state index is 11.5. The molecule has 2 saturated carbocycles. The van der Waals surface area contributed by atoms with Crippen molar-refractivity contribution in [3.8, 4) is 0 Å². The van der Waals surface area contributed by atoms with Crippen molar-refractivity contribution >= 4 is 15.8 Å². The van der Waals surface area contributed by atoms with Gasteiger partial charge in [-0.05, 0) is 38.0 Å². The Hall–Kier alpha value is -0.780. The van der Waals surface area contributed by atoms with Crippen molar-refractivity contribution in [1.29, 1.82) is 0 Å². The fourth-order valence-corrected chi connectivity index (χ4v) is 5.08. The maximum absolute atomic E-state index is 11.5. The van der Waals surface area contributed by atoms with Crippen LogP contribution >= 0.6 is 0 Å². The van der Waals surface area contributed by atoms with Gasteiger partial charge in [0.1, 0.15) is 0 Å². The minimum atomic E-state index is -2.79. The smallest absolute Gasteiger partial charge is 0.191 e. The molecule has 21 heavy (non-hydrogen) atoms. The van der Waals surface area contributed by atoms with Gasteiger partial charge < -0.3 is 10.6 Å². The Morgan fingerprint density at radius 3 is 2.19 bits per heavy atom. The van der Waals surface area contributed by atoms with Crippen molar-refractivity contribution in [3.05, 3.63) is 0 Å². The van der Waals surface area contributed by atoms with Crippen molar-refractivity contribution < 1.29 is 8.42 Å². The number of aliphatic imine (C=N–C) groups is 1. The molecule has 6 heteroatoms. The van der Waals surface area contributed by atoms with E-state index in [0.717, 1.165) is 12.4 Å². The summed E-state index contributed by atoms with van der Waals surface area (Å²) in [5, 5.41) is 7.03. The lowest BCUT2D eigenvalue weighted by atomic mass is 9.96. The number of rotatable bonds is 4. The summed E-state index contributed by atoms with van der Waals surface area (Å²) in [6, 6.07) is 1.11. The lowest BCUT2D eigenvalue weighted by Gasteiger charge is -2.25. The number of nitrogens with zero attached hydrogens (tertiary/aromatic N) is 1. The van der Waals surface area contributed by atoms with Crippen LogP contribution in [0.5, 0.6) is 0 Å². The molecule has 0 bridgehead atoms. The van der Waals surface area contributed by atoms with Crippen LogP contribution in [0.1, 0.15) is 51.4 Å². The molecule has 1 unspecified atom stereocenters. The molecule has 3 rings (SSSR count). The van der Waals surface area contributed by atoms with E-state index >= 15 is 0 Å². The van der Waals surface area contributed by atoms with E-state index in [0.29, 0.717) is 30.1 Å². The average Bonchev–Trinajstić information content (AvgIpc) is 3.20. The molecule has 1 atom stereocenters. The highest BCUT2D eigenvalue weighted by Gasteiger charge is 2.28. The quantitative estimate of drug-likeness (QED) is 0.609. The Labute approximate surface area is 127 Å². The molecule has 3 aliphatic rings. The van der Waals surface area contributed by atoms with Crippen LogP contribution in [0, 0.1) is 5.92 Å². The SMILES string of the molecule is O=S1(=O)CCC(CN=C(NC2CCCCC2)NC2CC2)C1. The van der Waals surface area contributed by atoms with Gasteiger partial charge in [-0.25, -0.2) is 8.42 Å². The van der Waals surface area contributed by atoms with E-state index < -0.39 is 9.84 Å². The van der Waals surface area contributed by atoms with Gasteiger partial charge in [0.15, 0.2) is 15.8 Å². The lowest BCUT2D eigenvalue weighted by molar-refractivity contribution is 0.409. The van der Waals surface area contributed by atoms with Crippen molar-refractivity contribution in [2.24, 2.45) is 10.9 Å². The van der Waals surface area contributed by atoms with Gasteiger partial charge in [0, 0.05) is 18.6 Å². The standard InChI is InChI=1S/C15H27N3O2S/c19-21(20)9-8-12(11-21)10-16-15(18-14-6-7-14)17-13-4-2-1-3-5-13/h12-14H,1-11H2,(H2,16,17,18). The molecule has 1 aliphatic heterocycles. The Bertz CT molecular complexity index is 479. The second-order valence-corrected chi connectivity index (χ2v) is 9.08. The Morgan fingerprint density at radius 2 is 1.62 bits per heavy atom. The third-order valence-corrected chi connectivity index (χ3v) is 6.54. The number of guanidine groups is 1. The van der Waals surface area contributed by atoms with Gasteiger partial charge in [0.05, 0.1) is 11.5 Å². The maximum Gasteiger partial charge on any atom is 0.191 e. The van der Waals surface area contributed by atoms with Crippen molar-refractivity contribution in [3.63, 3.8) is 0 Å². The molecular weight excluding hydrogens is 286 g/mol. The van der Waals surface area contributed by atoms with Gasteiger partial charge in [-0.1, -0.05) is 19.3 Å². The third-order valence-electron chi connectivity index (χ3n) is 4.70. The summed E-state index contributed by atoms with van der Waals surface area (Å²) < 4.78 is 23.0. The van der Waals surface area contributed by atoms with Gasteiger partial charge in [0.25, 0.3) is 0 Å². The van der Waals surface area contributed by atoms with Gasteiger partial charge in [-0.2, -0.15) is 0 Å². The Balaban J connectivity index is 1.54. The van der Waals surface area contributed by atoms with Gasteiger partial charge >= 0.3 is 0 Å². The second-order valence-electron chi connectivity index (χ2n) is 6.86. The van der Waals surface area contributed by atoms with Crippen LogP contribution in [0.4, 0.5) is 0 Å². The first-order chi connectivity index (χ1) is 10.1. The molecule has 0 aromatic rings. The molecule has 0 aromatic carbocycles. The lowest BCUT2D eigenvalue weighted by Crippen LogP contribution is -2.45. The highest BCUT2D eigenvalue weighted by atomic mass is 32.2. The average molecular weight is 313 g/mol. The number of nitrogens with one attached hydrogen (secondary N) is 2. The van der Waals surface area contributed by atoms with Gasteiger partial charge in [0.2, 0.25) is 0 Å². The van der Waals surface area contributed by atoms with Crippen molar-refractivity contribution in [2.75, 3.05) is 18.1 Å². The second kappa shape index (κ2) is 6.55. The van der Waals surface area contributed by atoms with Gasteiger partial charge in [-0.3, -0.25) is 4.99 Å². The largest absolute Gasteiger partial charge is 0.354 e. The first kappa shape index (κ1) is 15.1. The molecule has 1 heterocycles. The summed E-state index contributed by atoms with van der Waals surface area (Å²) >= 11 is 0. The molecule has 1 saturated heterocycles. The molecule has 3 fully saturated rings. The summed E-state index contributed by atoms with van der Waals surface area (Å²) in [5.74, 6) is 1.78. The van der Waals surface area contributed by atoms with E-state index in [4.69, 9.17) is 0 Å². The molecule has 0 spiro atoms. The van der Waals surface area contributed by atoms with E-state index in [1.165, 1.54) is 44.9 Å². The molecule has 0 radical (unpaired) electrons. The van der Waals surface area contributed by atoms with Crippen LogP contribution in [0.15, 0.2) is 4.99 Å². The van der Waals surface area contributed by atoms with Crippen molar-refractivity contribution in [1.82, 2.24) is 10.6 Å². The fraction of sp³-hybridized carbons (Fsp3) is 0.933. The molecule has 5 nitrogen and oxygen atoms in total. The zero-order valence-corrected chi connectivity index (χ0v) is 13.5. The highest BCUT2D eigenvalue weighted by Crippen LogP contribution is 2.21. The van der Waals surface area contributed by atoms with E-state index in [-0.39, 0.29) is 5.92 Å². The predicted octanol–water partition coefficient (Wildman–Crippen LogP) is 1.45. The van der Waals surface area contributed by atoms with E-state index in [9.17, 15) is 8.42 Å². The Kier molecular flexibility index (Phi) is 4.72. The van der Waals surface area contributed by atoms with Crippen LogP contribution in [0.25, 0.3) is 0 Å². The van der Waals surface area contributed by atoms with Crippen molar-refractivity contribution in [2.45, 2.75) is 63.5 Å². The highest BCUT2D eigenvalue weighted by molar-refractivity contribution is 7.91. The van der Waals surface area contributed by atoms with E-state index in [2.05, 4.69) is 15.6 Å². The molecule has 2 N–H and O–H groups in total. The number of hydrogen-bond acceptors (Lipinski definition) is 3. The minimum absolute atomic E-state index is 0.208. The first-order valence-corrected chi connectivity index (χ1v) is 10.2. The van der Waals surface area contributed by atoms with Crippen LogP contribution < -0.4 is 10.6 Å². The first-order valence-electron chi connectivity index (χ1n) is 8.39. The summed E-state index contributed by atoms with van der Waals surface area (Å²) in [6.07, 6.45) is 9.62. The molecule has 0 amide bonds. The van der Waals surface area contributed by atoms with Crippen LogP contribution in [0.3, 0.4) is 0 Å². The van der Waals surface area contributed by atoms with Gasteiger partial charge in [-0.15, -0.1) is 0 Å². The van der Waals surface area contributed by atoms with Crippen LogP contribution in [0.2, 0.25) is 0 Å². The predicted molar refractivity (Wildman–Crippen MR) is 85.2 cm³/mol. The normalized spacial score (nSPS) is 30.3. The number of hydrogen-bond donors (Lipinski definition) is 2.